The quantitative estimate of drug-likeness (QED) is 0.747. The summed E-state index contributed by atoms with van der Waals surface area (Å²) in [5.74, 6) is -1.59. The lowest BCUT2D eigenvalue weighted by Gasteiger charge is -2.05. The average molecular weight is 295 g/mol. The molecular weight excluding hydrogens is 279 g/mol. The van der Waals surface area contributed by atoms with Gasteiger partial charge in [-0.1, -0.05) is 0 Å². The number of halogens is 3. The van der Waals surface area contributed by atoms with E-state index in [4.69, 9.17) is 14.6 Å². The summed E-state index contributed by atoms with van der Waals surface area (Å²) in [6.07, 6.45) is -2.40. The molecule has 0 aliphatic rings. The summed E-state index contributed by atoms with van der Waals surface area (Å²) in [5, 5.41) is 8.76. The van der Waals surface area contributed by atoms with Crippen molar-refractivity contribution in [2.45, 2.75) is 19.1 Å². The molecule has 8 heteroatoms. The van der Waals surface area contributed by atoms with E-state index in [9.17, 15) is 18.0 Å². The molecule has 0 saturated heterocycles. The third-order valence-electron chi connectivity index (χ3n) is 2.55. The lowest BCUT2D eigenvalue weighted by Crippen LogP contribution is -2.09. The van der Waals surface area contributed by atoms with Crippen molar-refractivity contribution in [3.8, 4) is 0 Å². The summed E-state index contributed by atoms with van der Waals surface area (Å²) < 4.78 is 49.1. The number of aromatic nitrogens is 1. The van der Waals surface area contributed by atoms with Crippen LogP contribution in [0.15, 0.2) is 12.4 Å². The molecule has 1 aromatic rings. The number of ether oxygens (including phenoxy) is 2. The van der Waals surface area contributed by atoms with Gasteiger partial charge in [-0.25, -0.2) is 4.79 Å². The molecule has 0 fully saturated rings. The zero-order valence-electron chi connectivity index (χ0n) is 10.9. The van der Waals surface area contributed by atoms with E-state index in [1.807, 2.05) is 0 Å². The molecule has 0 bridgehead atoms. The highest BCUT2D eigenvalue weighted by Gasteiger charge is 2.36. The van der Waals surface area contributed by atoms with Gasteiger partial charge in [0.2, 0.25) is 0 Å². The SMILES string of the molecule is COCCOCCCn1cc(C(=O)O)c(C(F)(F)F)c1. The number of alkyl halides is 3. The smallest absolute Gasteiger partial charge is 0.418 e. The standard InChI is InChI=1S/C12H16F3NO4/c1-19-5-6-20-4-2-3-16-7-9(11(17)18)10(8-16)12(13,14)15/h7-8H,2-6H2,1H3,(H,17,18). The fourth-order valence-electron chi connectivity index (χ4n) is 1.63. The van der Waals surface area contributed by atoms with Gasteiger partial charge in [-0.05, 0) is 6.42 Å². The van der Waals surface area contributed by atoms with Crippen LogP contribution in [-0.4, -0.2) is 42.6 Å². The Kier molecular flexibility index (Phi) is 6.03. The number of carboxylic acids is 1. The lowest BCUT2D eigenvalue weighted by molar-refractivity contribution is -0.138. The Hall–Kier alpha value is -1.54. The number of methoxy groups -OCH3 is 1. The Morgan fingerprint density at radius 3 is 2.50 bits per heavy atom. The Labute approximate surface area is 113 Å². The van der Waals surface area contributed by atoms with Gasteiger partial charge in [0.15, 0.2) is 0 Å². The molecule has 1 N–H and O–H groups in total. The van der Waals surface area contributed by atoms with Crippen LogP contribution in [0.3, 0.4) is 0 Å². The maximum Gasteiger partial charge on any atom is 0.418 e. The topological polar surface area (TPSA) is 60.7 Å². The molecule has 1 aromatic heterocycles. The van der Waals surface area contributed by atoms with Gasteiger partial charge < -0.3 is 19.1 Å². The van der Waals surface area contributed by atoms with Crippen molar-refractivity contribution in [2.75, 3.05) is 26.9 Å². The van der Waals surface area contributed by atoms with E-state index in [0.29, 0.717) is 26.2 Å². The van der Waals surface area contributed by atoms with Gasteiger partial charge in [0.1, 0.15) is 0 Å². The second-order valence-corrected chi connectivity index (χ2v) is 4.09. The molecule has 5 nitrogen and oxygen atoms in total. The molecule has 0 unspecified atom stereocenters. The minimum atomic E-state index is -4.67. The summed E-state index contributed by atoms with van der Waals surface area (Å²) in [5.41, 5.74) is -1.87. The van der Waals surface area contributed by atoms with Crippen LogP contribution in [0.1, 0.15) is 22.3 Å². The fraction of sp³-hybridized carbons (Fsp3) is 0.583. The zero-order chi connectivity index (χ0) is 15.2. The molecule has 114 valence electrons. The fourth-order valence-corrected chi connectivity index (χ4v) is 1.63. The minimum Gasteiger partial charge on any atom is -0.478 e. The highest BCUT2D eigenvalue weighted by molar-refractivity contribution is 5.89. The largest absolute Gasteiger partial charge is 0.478 e. The number of aryl methyl sites for hydroxylation is 1. The molecule has 0 atom stereocenters. The van der Waals surface area contributed by atoms with Gasteiger partial charge in [0, 0.05) is 32.7 Å². The highest BCUT2D eigenvalue weighted by Crippen LogP contribution is 2.32. The summed E-state index contributed by atoms with van der Waals surface area (Å²) >= 11 is 0. The van der Waals surface area contributed by atoms with Crippen LogP contribution < -0.4 is 0 Å². The summed E-state index contributed by atoms with van der Waals surface area (Å²) in [6.45, 7) is 1.48. The Morgan fingerprint density at radius 2 is 2.00 bits per heavy atom. The van der Waals surface area contributed by atoms with E-state index in [2.05, 4.69) is 0 Å². The third kappa shape index (κ3) is 4.86. The minimum absolute atomic E-state index is 0.253. The number of carboxylic acid groups (broad SMARTS) is 1. The van der Waals surface area contributed by atoms with Gasteiger partial charge >= 0.3 is 12.1 Å². The first-order chi connectivity index (χ1) is 9.36. The molecule has 0 aliphatic carbocycles. The molecule has 0 amide bonds. The van der Waals surface area contributed by atoms with Crippen LogP contribution in [-0.2, 0) is 22.2 Å². The molecular formula is C12H16F3NO4. The maximum absolute atomic E-state index is 12.6. The van der Waals surface area contributed by atoms with Gasteiger partial charge in [-0.2, -0.15) is 13.2 Å². The van der Waals surface area contributed by atoms with Crippen molar-refractivity contribution in [3.63, 3.8) is 0 Å². The van der Waals surface area contributed by atoms with E-state index in [0.717, 1.165) is 12.4 Å². The third-order valence-corrected chi connectivity index (χ3v) is 2.55. The zero-order valence-corrected chi connectivity index (χ0v) is 10.9. The molecule has 20 heavy (non-hydrogen) atoms. The molecule has 0 saturated carbocycles. The van der Waals surface area contributed by atoms with Gasteiger partial charge in [0.25, 0.3) is 0 Å². The Morgan fingerprint density at radius 1 is 1.30 bits per heavy atom. The van der Waals surface area contributed by atoms with E-state index in [1.54, 1.807) is 0 Å². The van der Waals surface area contributed by atoms with Crippen LogP contribution in [0.4, 0.5) is 13.2 Å². The van der Waals surface area contributed by atoms with Crippen molar-refractivity contribution in [1.29, 1.82) is 0 Å². The second-order valence-electron chi connectivity index (χ2n) is 4.09. The molecule has 0 aromatic carbocycles. The number of rotatable bonds is 8. The maximum atomic E-state index is 12.6. The van der Waals surface area contributed by atoms with Crippen molar-refractivity contribution in [1.82, 2.24) is 4.57 Å². The van der Waals surface area contributed by atoms with E-state index in [-0.39, 0.29) is 6.54 Å². The number of hydrogen-bond acceptors (Lipinski definition) is 3. The van der Waals surface area contributed by atoms with Crippen molar-refractivity contribution < 1.29 is 32.5 Å². The van der Waals surface area contributed by atoms with E-state index in [1.165, 1.54) is 11.7 Å². The summed E-state index contributed by atoms with van der Waals surface area (Å²) in [4.78, 5) is 10.8. The normalized spacial score (nSPS) is 11.8. The Balaban J connectivity index is 2.57. The first kappa shape index (κ1) is 16.5. The number of aromatic carboxylic acids is 1. The highest BCUT2D eigenvalue weighted by atomic mass is 19.4. The number of carbonyl (C=O) groups is 1. The first-order valence-electron chi connectivity index (χ1n) is 5.93. The van der Waals surface area contributed by atoms with E-state index < -0.39 is 23.3 Å². The van der Waals surface area contributed by atoms with Crippen molar-refractivity contribution in [2.24, 2.45) is 0 Å². The molecule has 1 rings (SSSR count). The molecule has 0 spiro atoms. The van der Waals surface area contributed by atoms with Crippen LogP contribution in [0.2, 0.25) is 0 Å². The van der Waals surface area contributed by atoms with Gasteiger partial charge in [-0.15, -0.1) is 0 Å². The average Bonchev–Trinajstić information content (AvgIpc) is 2.78. The first-order valence-corrected chi connectivity index (χ1v) is 5.93. The molecule has 0 aliphatic heterocycles. The molecule has 1 heterocycles. The van der Waals surface area contributed by atoms with E-state index >= 15 is 0 Å². The van der Waals surface area contributed by atoms with Crippen LogP contribution in [0.5, 0.6) is 0 Å². The monoisotopic (exact) mass is 295 g/mol. The predicted octanol–water partition coefficient (Wildman–Crippen LogP) is 2.26. The molecule has 0 radical (unpaired) electrons. The van der Waals surface area contributed by atoms with Crippen LogP contribution >= 0.6 is 0 Å². The van der Waals surface area contributed by atoms with Crippen LogP contribution in [0, 0.1) is 0 Å². The second kappa shape index (κ2) is 7.30. The lowest BCUT2D eigenvalue weighted by atomic mass is 10.2. The van der Waals surface area contributed by atoms with Crippen LogP contribution in [0.25, 0.3) is 0 Å². The Bertz CT molecular complexity index is 442. The summed E-state index contributed by atoms with van der Waals surface area (Å²) in [6, 6.07) is 0. The van der Waals surface area contributed by atoms with Crippen molar-refractivity contribution >= 4 is 5.97 Å². The van der Waals surface area contributed by atoms with Gasteiger partial charge in [0.05, 0.1) is 24.3 Å². The summed E-state index contributed by atoms with van der Waals surface area (Å²) in [7, 11) is 1.54. The number of hydrogen-bond donors (Lipinski definition) is 1. The van der Waals surface area contributed by atoms with Crippen molar-refractivity contribution in [3.05, 3.63) is 23.5 Å². The predicted molar refractivity (Wildman–Crippen MR) is 63.7 cm³/mol. The number of nitrogens with zero attached hydrogens (tertiary/aromatic N) is 1. The van der Waals surface area contributed by atoms with Gasteiger partial charge in [-0.3, -0.25) is 0 Å².